The number of H-pyrrole nitrogens is 1. The van der Waals surface area contributed by atoms with E-state index in [9.17, 15) is 0 Å². The number of aromatic amines is 1. The first-order chi connectivity index (χ1) is 8.40. The van der Waals surface area contributed by atoms with Crippen LogP contribution in [0.4, 0.5) is 0 Å². The van der Waals surface area contributed by atoms with Gasteiger partial charge in [-0.15, -0.1) is 0 Å². The van der Waals surface area contributed by atoms with Crippen molar-refractivity contribution in [1.82, 2.24) is 9.97 Å². The van der Waals surface area contributed by atoms with E-state index in [-0.39, 0.29) is 0 Å². The number of ether oxygens (including phenoxy) is 1. The average Bonchev–Trinajstić information content (AvgIpc) is 2.81. The summed E-state index contributed by atoms with van der Waals surface area (Å²) in [4.78, 5) is 7.26. The number of fused-ring (bicyclic) bond motifs is 1. The Balaban J connectivity index is 1.75. The van der Waals surface area contributed by atoms with Gasteiger partial charge in [-0.3, -0.25) is 0 Å². The Kier molecular flexibility index (Phi) is 4.86. The van der Waals surface area contributed by atoms with E-state index in [4.69, 9.17) is 4.74 Å². The predicted octanol–water partition coefficient (Wildman–Crippen LogP) is 3.90. The van der Waals surface area contributed by atoms with Gasteiger partial charge in [-0.25, -0.2) is 4.98 Å². The van der Waals surface area contributed by atoms with Gasteiger partial charge in [0.15, 0.2) is 0 Å². The van der Waals surface area contributed by atoms with Crippen LogP contribution in [0.15, 0.2) is 24.5 Å². The van der Waals surface area contributed by atoms with Crippen LogP contribution in [0.5, 0.6) is 5.75 Å². The smallest absolute Gasteiger partial charge is 0.121 e. The van der Waals surface area contributed by atoms with E-state index in [2.05, 4.69) is 25.9 Å². The molecule has 1 N–H and O–H groups in total. The van der Waals surface area contributed by atoms with Crippen LogP contribution < -0.4 is 4.74 Å². The minimum absolute atomic E-state index is 0.794. The predicted molar refractivity (Wildman–Crippen MR) is 73.9 cm³/mol. The van der Waals surface area contributed by atoms with E-state index in [1.807, 2.05) is 18.2 Å². The second-order valence-corrected chi connectivity index (χ2v) is 4.83. The molecule has 92 valence electrons. The Labute approximate surface area is 110 Å². The standard InChI is InChI=1S/C13H17BrN2O/c14-7-3-1-2-4-8-17-11-5-6-12-13(9-11)16-10-15-12/h5-6,9-10H,1-4,7-8H2,(H,15,16). The molecule has 0 aliphatic carbocycles. The largest absolute Gasteiger partial charge is 0.494 e. The maximum absolute atomic E-state index is 5.70. The summed E-state index contributed by atoms with van der Waals surface area (Å²) in [6.45, 7) is 0.794. The Morgan fingerprint density at radius 2 is 2.06 bits per heavy atom. The van der Waals surface area contributed by atoms with Gasteiger partial charge >= 0.3 is 0 Å². The van der Waals surface area contributed by atoms with Crippen molar-refractivity contribution >= 4 is 27.0 Å². The summed E-state index contributed by atoms with van der Waals surface area (Å²) in [5.41, 5.74) is 2.01. The summed E-state index contributed by atoms with van der Waals surface area (Å²) in [6.07, 6.45) is 6.58. The van der Waals surface area contributed by atoms with Crippen molar-refractivity contribution in [2.75, 3.05) is 11.9 Å². The number of benzene rings is 1. The first-order valence-corrected chi connectivity index (χ1v) is 7.14. The number of hydrogen-bond acceptors (Lipinski definition) is 2. The fraction of sp³-hybridized carbons (Fsp3) is 0.462. The number of nitrogens with one attached hydrogen (secondary N) is 1. The maximum atomic E-state index is 5.70. The molecular formula is C13H17BrN2O. The summed E-state index contributed by atoms with van der Waals surface area (Å²) in [6, 6.07) is 5.95. The van der Waals surface area contributed by atoms with Crippen LogP contribution in [0.3, 0.4) is 0 Å². The molecule has 0 fully saturated rings. The highest BCUT2D eigenvalue weighted by Crippen LogP contribution is 2.18. The van der Waals surface area contributed by atoms with Crippen molar-refractivity contribution in [3.63, 3.8) is 0 Å². The van der Waals surface area contributed by atoms with E-state index in [1.165, 1.54) is 19.3 Å². The Bertz CT molecular complexity index is 455. The fourth-order valence-corrected chi connectivity index (χ4v) is 2.14. The van der Waals surface area contributed by atoms with Gasteiger partial charge in [-0.1, -0.05) is 28.8 Å². The Hall–Kier alpha value is -1.03. The lowest BCUT2D eigenvalue weighted by molar-refractivity contribution is 0.305. The number of imidazole rings is 1. The number of hydrogen-bond donors (Lipinski definition) is 1. The van der Waals surface area contributed by atoms with E-state index in [1.54, 1.807) is 6.33 Å². The molecule has 0 unspecified atom stereocenters. The molecule has 0 spiro atoms. The Morgan fingerprint density at radius 1 is 1.18 bits per heavy atom. The van der Waals surface area contributed by atoms with Gasteiger partial charge in [0, 0.05) is 11.4 Å². The maximum Gasteiger partial charge on any atom is 0.121 e. The van der Waals surface area contributed by atoms with Crippen LogP contribution in [-0.4, -0.2) is 21.9 Å². The summed E-state index contributed by atoms with van der Waals surface area (Å²) < 4.78 is 5.70. The Morgan fingerprint density at radius 3 is 2.94 bits per heavy atom. The molecule has 0 atom stereocenters. The molecule has 0 aliphatic rings. The van der Waals surface area contributed by atoms with Crippen molar-refractivity contribution in [2.24, 2.45) is 0 Å². The number of nitrogens with zero attached hydrogens (tertiary/aromatic N) is 1. The molecule has 0 saturated carbocycles. The van der Waals surface area contributed by atoms with Crippen LogP contribution in [0.2, 0.25) is 0 Å². The zero-order chi connectivity index (χ0) is 11.9. The monoisotopic (exact) mass is 296 g/mol. The van der Waals surface area contributed by atoms with Crippen molar-refractivity contribution in [1.29, 1.82) is 0 Å². The first-order valence-electron chi connectivity index (χ1n) is 6.02. The second kappa shape index (κ2) is 6.64. The van der Waals surface area contributed by atoms with Crippen LogP contribution in [0.25, 0.3) is 11.0 Å². The van der Waals surface area contributed by atoms with Gasteiger partial charge < -0.3 is 9.72 Å². The molecule has 0 radical (unpaired) electrons. The normalized spacial score (nSPS) is 10.9. The van der Waals surface area contributed by atoms with E-state index < -0.39 is 0 Å². The molecular weight excluding hydrogens is 280 g/mol. The summed E-state index contributed by atoms with van der Waals surface area (Å²) >= 11 is 3.43. The fourth-order valence-electron chi connectivity index (χ4n) is 1.74. The van der Waals surface area contributed by atoms with Gasteiger partial charge in [0.05, 0.1) is 24.0 Å². The summed E-state index contributed by atoms with van der Waals surface area (Å²) in [5.74, 6) is 0.919. The third-order valence-corrected chi connectivity index (χ3v) is 3.25. The zero-order valence-electron chi connectivity index (χ0n) is 9.79. The molecule has 3 nitrogen and oxygen atoms in total. The van der Waals surface area contributed by atoms with Crippen molar-refractivity contribution in [3.05, 3.63) is 24.5 Å². The minimum atomic E-state index is 0.794. The molecule has 0 bridgehead atoms. The number of unbranched alkanes of at least 4 members (excludes halogenated alkanes) is 3. The van der Waals surface area contributed by atoms with Crippen LogP contribution in [-0.2, 0) is 0 Å². The lowest BCUT2D eigenvalue weighted by Gasteiger charge is -2.05. The summed E-state index contributed by atoms with van der Waals surface area (Å²) in [5, 5.41) is 1.10. The molecule has 0 aliphatic heterocycles. The number of rotatable bonds is 7. The van der Waals surface area contributed by atoms with Gasteiger partial charge in [0.2, 0.25) is 0 Å². The molecule has 4 heteroatoms. The SMILES string of the molecule is BrCCCCCCOc1ccc2nc[nH]c2c1. The summed E-state index contributed by atoms with van der Waals surface area (Å²) in [7, 11) is 0. The van der Waals surface area contributed by atoms with E-state index in [0.717, 1.165) is 35.1 Å². The molecule has 1 aromatic heterocycles. The zero-order valence-corrected chi connectivity index (χ0v) is 11.4. The molecule has 2 aromatic rings. The van der Waals surface area contributed by atoms with E-state index >= 15 is 0 Å². The molecule has 2 rings (SSSR count). The number of alkyl halides is 1. The number of aromatic nitrogens is 2. The first kappa shape index (κ1) is 12.4. The highest BCUT2D eigenvalue weighted by molar-refractivity contribution is 9.09. The lowest BCUT2D eigenvalue weighted by Crippen LogP contribution is -1.97. The van der Waals surface area contributed by atoms with E-state index in [0.29, 0.717) is 0 Å². The van der Waals surface area contributed by atoms with Crippen LogP contribution >= 0.6 is 15.9 Å². The van der Waals surface area contributed by atoms with Crippen LogP contribution in [0.1, 0.15) is 25.7 Å². The highest BCUT2D eigenvalue weighted by atomic mass is 79.9. The third kappa shape index (κ3) is 3.73. The minimum Gasteiger partial charge on any atom is -0.494 e. The quantitative estimate of drug-likeness (QED) is 0.622. The van der Waals surface area contributed by atoms with Gasteiger partial charge in [-0.05, 0) is 25.0 Å². The topological polar surface area (TPSA) is 37.9 Å². The van der Waals surface area contributed by atoms with Crippen molar-refractivity contribution < 1.29 is 4.74 Å². The second-order valence-electron chi connectivity index (χ2n) is 4.03. The van der Waals surface area contributed by atoms with Gasteiger partial charge in [-0.2, -0.15) is 0 Å². The van der Waals surface area contributed by atoms with Crippen molar-refractivity contribution in [3.8, 4) is 5.75 Å². The molecule has 17 heavy (non-hydrogen) atoms. The lowest BCUT2D eigenvalue weighted by atomic mass is 10.2. The third-order valence-electron chi connectivity index (χ3n) is 2.69. The van der Waals surface area contributed by atoms with Gasteiger partial charge in [0.25, 0.3) is 0 Å². The van der Waals surface area contributed by atoms with Gasteiger partial charge in [0.1, 0.15) is 5.75 Å². The van der Waals surface area contributed by atoms with Crippen LogP contribution in [0, 0.1) is 0 Å². The molecule has 0 amide bonds. The average molecular weight is 297 g/mol. The highest BCUT2D eigenvalue weighted by Gasteiger charge is 1.98. The molecule has 1 heterocycles. The number of halogens is 1. The van der Waals surface area contributed by atoms with Crippen molar-refractivity contribution in [2.45, 2.75) is 25.7 Å². The molecule has 0 saturated heterocycles. The molecule has 1 aromatic carbocycles.